The SMILES string of the molecule is O=C(Nc1ccc(F)cc1F)c1ccnc(C(=O)NCC2CCCO2)c1. The Morgan fingerprint density at radius 3 is 2.77 bits per heavy atom. The van der Waals surface area contributed by atoms with Gasteiger partial charge in [0.1, 0.15) is 17.3 Å². The monoisotopic (exact) mass is 361 g/mol. The first-order chi connectivity index (χ1) is 12.5. The lowest BCUT2D eigenvalue weighted by atomic mass is 10.2. The molecular formula is C18H17F2N3O3. The number of carbonyl (C=O) groups excluding carboxylic acids is 2. The van der Waals surface area contributed by atoms with Crippen LogP contribution in [0, 0.1) is 11.6 Å². The van der Waals surface area contributed by atoms with Gasteiger partial charge in [-0.05, 0) is 37.1 Å². The predicted octanol–water partition coefficient (Wildman–Crippen LogP) is 2.52. The van der Waals surface area contributed by atoms with Gasteiger partial charge >= 0.3 is 0 Å². The van der Waals surface area contributed by atoms with E-state index in [-0.39, 0.29) is 23.0 Å². The summed E-state index contributed by atoms with van der Waals surface area (Å²) in [4.78, 5) is 28.4. The number of carbonyl (C=O) groups is 2. The molecule has 1 aliphatic rings. The highest BCUT2D eigenvalue weighted by Gasteiger charge is 2.18. The van der Waals surface area contributed by atoms with Crippen LogP contribution < -0.4 is 10.6 Å². The summed E-state index contributed by atoms with van der Waals surface area (Å²) in [7, 11) is 0. The second kappa shape index (κ2) is 8.01. The van der Waals surface area contributed by atoms with Gasteiger partial charge in [-0.2, -0.15) is 0 Å². The molecule has 8 heteroatoms. The highest BCUT2D eigenvalue weighted by atomic mass is 19.1. The zero-order valence-electron chi connectivity index (χ0n) is 13.8. The molecule has 1 unspecified atom stereocenters. The number of ether oxygens (including phenoxy) is 1. The van der Waals surface area contributed by atoms with Gasteiger partial charge in [-0.15, -0.1) is 0 Å². The van der Waals surface area contributed by atoms with E-state index in [1.165, 1.54) is 18.3 Å². The van der Waals surface area contributed by atoms with Crippen molar-refractivity contribution in [2.24, 2.45) is 0 Å². The number of pyridine rings is 1. The van der Waals surface area contributed by atoms with Gasteiger partial charge in [-0.1, -0.05) is 0 Å². The quantitative estimate of drug-likeness (QED) is 0.858. The zero-order valence-corrected chi connectivity index (χ0v) is 13.8. The second-order valence-corrected chi connectivity index (χ2v) is 5.85. The van der Waals surface area contributed by atoms with Crippen molar-refractivity contribution in [1.82, 2.24) is 10.3 Å². The van der Waals surface area contributed by atoms with Crippen LogP contribution in [-0.4, -0.2) is 36.1 Å². The van der Waals surface area contributed by atoms with Gasteiger partial charge in [-0.3, -0.25) is 14.6 Å². The molecule has 136 valence electrons. The highest BCUT2D eigenvalue weighted by Crippen LogP contribution is 2.16. The fourth-order valence-electron chi connectivity index (χ4n) is 2.58. The summed E-state index contributed by atoms with van der Waals surface area (Å²) in [5.41, 5.74) is 0.0406. The van der Waals surface area contributed by atoms with E-state index in [4.69, 9.17) is 4.74 Å². The molecule has 6 nitrogen and oxygen atoms in total. The largest absolute Gasteiger partial charge is 0.376 e. The molecule has 0 spiro atoms. The summed E-state index contributed by atoms with van der Waals surface area (Å²) in [6.07, 6.45) is 3.16. The number of nitrogens with one attached hydrogen (secondary N) is 2. The fourth-order valence-corrected chi connectivity index (χ4v) is 2.58. The first-order valence-electron chi connectivity index (χ1n) is 8.15. The maximum absolute atomic E-state index is 13.6. The van der Waals surface area contributed by atoms with Crippen molar-refractivity contribution < 1.29 is 23.1 Å². The molecule has 2 N–H and O–H groups in total. The average molecular weight is 361 g/mol. The Bertz CT molecular complexity index is 823. The minimum Gasteiger partial charge on any atom is -0.376 e. The number of nitrogens with zero attached hydrogens (tertiary/aromatic N) is 1. The lowest BCUT2D eigenvalue weighted by molar-refractivity contribution is 0.0853. The van der Waals surface area contributed by atoms with Crippen LogP contribution in [0.4, 0.5) is 14.5 Å². The normalized spacial score (nSPS) is 16.3. The molecule has 2 amide bonds. The summed E-state index contributed by atoms with van der Waals surface area (Å²) in [5, 5.41) is 5.05. The average Bonchev–Trinajstić information content (AvgIpc) is 3.15. The maximum atomic E-state index is 13.6. The summed E-state index contributed by atoms with van der Waals surface area (Å²) in [5.74, 6) is -2.69. The third kappa shape index (κ3) is 4.40. The standard InChI is InChI=1S/C18H17F2N3O3/c19-12-3-4-15(14(20)9-12)23-17(24)11-5-6-21-16(8-11)18(25)22-10-13-2-1-7-26-13/h3-6,8-9,13H,1-2,7,10H2,(H,22,25)(H,23,24). The number of benzene rings is 1. The third-order valence-corrected chi connectivity index (χ3v) is 3.95. The number of hydrogen-bond donors (Lipinski definition) is 2. The van der Waals surface area contributed by atoms with E-state index in [1.54, 1.807) is 0 Å². The van der Waals surface area contributed by atoms with Crippen molar-refractivity contribution in [2.75, 3.05) is 18.5 Å². The van der Waals surface area contributed by atoms with Gasteiger partial charge in [0, 0.05) is 31.0 Å². The molecule has 0 saturated carbocycles. The number of rotatable bonds is 5. The Balaban J connectivity index is 1.65. The van der Waals surface area contributed by atoms with Crippen molar-refractivity contribution >= 4 is 17.5 Å². The molecule has 0 bridgehead atoms. The van der Waals surface area contributed by atoms with E-state index >= 15 is 0 Å². The molecule has 0 aliphatic carbocycles. The molecule has 0 radical (unpaired) electrons. The topological polar surface area (TPSA) is 80.3 Å². The Labute approximate surface area is 148 Å². The van der Waals surface area contributed by atoms with Crippen LogP contribution in [0.25, 0.3) is 0 Å². The van der Waals surface area contributed by atoms with Gasteiger partial charge in [0.15, 0.2) is 0 Å². The summed E-state index contributed by atoms with van der Waals surface area (Å²) >= 11 is 0. The first kappa shape index (κ1) is 17.9. The van der Waals surface area contributed by atoms with Gasteiger partial charge in [0.25, 0.3) is 11.8 Å². The van der Waals surface area contributed by atoms with Gasteiger partial charge in [0.2, 0.25) is 0 Å². The van der Waals surface area contributed by atoms with E-state index < -0.39 is 23.4 Å². The molecule has 2 aromatic rings. The van der Waals surface area contributed by atoms with Crippen LogP contribution >= 0.6 is 0 Å². The number of halogens is 2. The van der Waals surface area contributed by atoms with Crippen LogP contribution in [-0.2, 0) is 4.74 Å². The summed E-state index contributed by atoms with van der Waals surface area (Å²) in [6, 6.07) is 5.54. The molecular weight excluding hydrogens is 344 g/mol. The Morgan fingerprint density at radius 1 is 1.19 bits per heavy atom. The Hall–Kier alpha value is -2.87. The first-order valence-corrected chi connectivity index (χ1v) is 8.15. The smallest absolute Gasteiger partial charge is 0.269 e. The predicted molar refractivity (Wildman–Crippen MR) is 89.9 cm³/mol. The summed E-state index contributed by atoms with van der Waals surface area (Å²) in [6.45, 7) is 1.06. The third-order valence-electron chi connectivity index (χ3n) is 3.95. The molecule has 1 aliphatic heterocycles. The molecule has 26 heavy (non-hydrogen) atoms. The molecule has 1 atom stereocenters. The Morgan fingerprint density at radius 2 is 2.04 bits per heavy atom. The number of aromatic nitrogens is 1. The lowest BCUT2D eigenvalue weighted by Crippen LogP contribution is -2.32. The molecule has 2 heterocycles. The van der Waals surface area contributed by atoms with E-state index in [0.717, 1.165) is 25.0 Å². The number of anilines is 1. The van der Waals surface area contributed by atoms with E-state index in [9.17, 15) is 18.4 Å². The van der Waals surface area contributed by atoms with E-state index in [1.807, 2.05) is 0 Å². The highest BCUT2D eigenvalue weighted by molar-refractivity contribution is 6.05. The van der Waals surface area contributed by atoms with Crippen LogP contribution in [0.1, 0.15) is 33.7 Å². The molecule has 1 aromatic heterocycles. The van der Waals surface area contributed by atoms with Gasteiger partial charge in [-0.25, -0.2) is 8.78 Å². The van der Waals surface area contributed by atoms with Crippen molar-refractivity contribution in [1.29, 1.82) is 0 Å². The minimum atomic E-state index is -0.887. The number of hydrogen-bond acceptors (Lipinski definition) is 4. The van der Waals surface area contributed by atoms with Crippen LogP contribution in [0.3, 0.4) is 0 Å². The van der Waals surface area contributed by atoms with Crippen LogP contribution in [0.2, 0.25) is 0 Å². The minimum absolute atomic E-state index is 0.00752. The lowest BCUT2D eigenvalue weighted by Gasteiger charge is -2.11. The summed E-state index contributed by atoms with van der Waals surface area (Å²) < 4.78 is 32.0. The molecule has 1 aromatic carbocycles. The van der Waals surface area contributed by atoms with Crippen molar-refractivity contribution in [3.05, 3.63) is 59.4 Å². The zero-order chi connectivity index (χ0) is 18.5. The van der Waals surface area contributed by atoms with E-state index in [2.05, 4.69) is 15.6 Å². The molecule has 1 saturated heterocycles. The van der Waals surface area contributed by atoms with Crippen molar-refractivity contribution in [2.45, 2.75) is 18.9 Å². The van der Waals surface area contributed by atoms with Crippen molar-refractivity contribution in [3.8, 4) is 0 Å². The fraction of sp³-hybridized carbons (Fsp3) is 0.278. The van der Waals surface area contributed by atoms with Crippen molar-refractivity contribution in [3.63, 3.8) is 0 Å². The second-order valence-electron chi connectivity index (χ2n) is 5.85. The van der Waals surface area contributed by atoms with E-state index in [0.29, 0.717) is 19.2 Å². The molecule has 1 fully saturated rings. The van der Waals surface area contributed by atoms with Crippen LogP contribution in [0.5, 0.6) is 0 Å². The maximum Gasteiger partial charge on any atom is 0.269 e. The van der Waals surface area contributed by atoms with Crippen LogP contribution in [0.15, 0.2) is 36.5 Å². The molecule has 3 rings (SSSR count). The van der Waals surface area contributed by atoms with Gasteiger partial charge < -0.3 is 15.4 Å². The Kier molecular flexibility index (Phi) is 5.52. The number of amides is 2. The van der Waals surface area contributed by atoms with Gasteiger partial charge in [0.05, 0.1) is 11.8 Å².